The highest BCUT2D eigenvalue weighted by atomic mass is 16.2. The molecule has 7 nitrogen and oxygen atoms in total. The molecule has 3 unspecified atom stereocenters. The Kier molecular flexibility index (Phi) is 5.11. The zero-order valence-corrected chi connectivity index (χ0v) is 16.4. The molecule has 1 aromatic carbocycles. The van der Waals surface area contributed by atoms with Crippen LogP contribution in [0.3, 0.4) is 0 Å². The quantitative estimate of drug-likeness (QED) is 0.635. The average Bonchev–Trinajstić information content (AvgIpc) is 3.32. The number of aryl methyl sites for hydroxylation is 1. The molecule has 3 aromatic rings. The zero-order chi connectivity index (χ0) is 19.7. The van der Waals surface area contributed by atoms with E-state index in [4.69, 9.17) is 4.98 Å². The number of rotatable bonds is 5. The molecule has 146 valence electrons. The zero-order valence-electron chi connectivity index (χ0n) is 16.4. The van der Waals surface area contributed by atoms with Crippen molar-refractivity contribution in [2.45, 2.75) is 38.4 Å². The summed E-state index contributed by atoms with van der Waals surface area (Å²) in [5, 5.41) is 3.21. The molecule has 0 saturated carbocycles. The lowest BCUT2D eigenvalue weighted by molar-refractivity contribution is -0.124. The van der Waals surface area contributed by atoms with Gasteiger partial charge in [0.05, 0.1) is 17.1 Å². The Morgan fingerprint density at radius 3 is 2.75 bits per heavy atom. The first-order valence-electron chi connectivity index (χ1n) is 9.67. The molecule has 28 heavy (non-hydrogen) atoms. The van der Waals surface area contributed by atoms with Gasteiger partial charge in [0.15, 0.2) is 0 Å². The fourth-order valence-electron chi connectivity index (χ4n) is 3.75. The van der Waals surface area contributed by atoms with Gasteiger partial charge in [-0.25, -0.2) is 15.8 Å². The molecule has 1 amide bonds. The predicted molar refractivity (Wildman–Crippen MR) is 108 cm³/mol. The normalized spacial score (nSPS) is 20.6. The summed E-state index contributed by atoms with van der Waals surface area (Å²) < 4.78 is 2.07. The van der Waals surface area contributed by atoms with E-state index in [-0.39, 0.29) is 30.0 Å². The monoisotopic (exact) mass is 378 g/mol. The topological polar surface area (TPSA) is 83.9 Å². The highest BCUT2D eigenvalue weighted by molar-refractivity contribution is 5.83. The highest BCUT2D eigenvalue weighted by Crippen LogP contribution is 2.26. The van der Waals surface area contributed by atoms with E-state index in [0.717, 1.165) is 22.4 Å². The SMILES string of the molecule is CC(C)C(NC(=O)C1CC(c2cccnc2)NN1)c1nc2ccccc2n1C. The van der Waals surface area contributed by atoms with Crippen LogP contribution in [0.25, 0.3) is 11.0 Å². The third-order valence-electron chi connectivity index (χ3n) is 5.37. The highest BCUT2D eigenvalue weighted by Gasteiger charge is 2.33. The minimum atomic E-state index is -0.304. The van der Waals surface area contributed by atoms with Crippen LogP contribution in [0.15, 0.2) is 48.8 Å². The number of hydrogen-bond acceptors (Lipinski definition) is 5. The number of benzene rings is 1. The van der Waals surface area contributed by atoms with E-state index in [1.54, 1.807) is 6.20 Å². The number of hydrazine groups is 1. The van der Waals surface area contributed by atoms with Gasteiger partial charge in [-0.1, -0.05) is 32.0 Å². The minimum absolute atomic E-state index is 0.0235. The third kappa shape index (κ3) is 3.50. The number of hydrogen-bond donors (Lipinski definition) is 3. The fourth-order valence-corrected chi connectivity index (χ4v) is 3.75. The van der Waals surface area contributed by atoms with Crippen LogP contribution in [0.5, 0.6) is 0 Å². The number of fused-ring (bicyclic) bond motifs is 1. The summed E-state index contributed by atoms with van der Waals surface area (Å²) in [4.78, 5) is 21.9. The van der Waals surface area contributed by atoms with Crippen molar-refractivity contribution in [3.63, 3.8) is 0 Å². The van der Waals surface area contributed by atoms with E-state index in [2.05, 4.69) is 39.6 Å². The molecule has 3 atom stereocenters. The molecule has 3 N–H and O–H groups in total. The molecule has 2 aromatic heterocycles. The lowest BCUT2D eigenvalue weighted by atomic mass is 10.0. The van der Waals surface area contributed by atoms with Crippen LogP contribution < -0.4 is 16.2 Å². The maximum atomic E-state index is 13.0. The summed E-state index contributed by atoms with van der Waals surface area (Å²) in [6.45, 7) is 4.20. The smallest absolute Gasteiger partial charge is 0.239 e. The molecule has 3 heterocycles. The van der Waals surface area contributed by atoms with Gasteiger partial charge in [-0.2, -0.15) is 0 Å². The van der Waals surface area contributed by atoms with Crippen molar-refractivity contribution in [1.29, 1.82) is 0 Å². The molecule has 7 heteroatoms. The van der Waals surface area contributed by atoms with E-state index in [1.807, 2.05) is 49.6 Å². The lowest BCUT2D eigenvalue weighted by Gasteiger charge is -2.23. The molecular formula is C21H26N6O. The molecule has 1 aliphatic heterocycles. The van der Waals surface area contributed by atoms with Gasteiger partial charge in [-0.05, 0) is 36.1 Å². The standard InChI is InChI=1S/C21H26N6O/c1-13(2)19(20-23-15-8-4-5-9-18(15)27(20)3)24-21(28)17-11-16(25-26-17)14-7-6-10-22-12-14/h4-10,12-13,16-17,19,25-26H,11H2,1-3H3,(H,24,28). The Bertz CT molecular complexity index is 967. The van der Waals surface area contributed by atoms with Crippen LogP contribution in [0.4, 0.5) is 0 Å². The Morgan fingerprint density at radius 1 is 1.21 bits per heavy atom. The fraction of sp³-hybridized carbons (Fsp3) is 0.381. The Morgan fingerprint density at radius 2 is 2.04 bits per heavy atom. The average molecular weight is 378 g/mol. The number of carbonyl (C=O) groups is 1. The first-order valence-corrected chi connectivity index (χ1v) is 9.67. The number of nitrogens with one attached hydrogen (secondary N) is 3. The maximum absolute atomic E-state index is 13.0. The lowest BCUT2D eigenvalue weighted by Crippen LogP contribution is -2.45. The van der Waals surface area contributed by atoms with E-state index in [0.29, 0.717) is 6.42 Å². The van der Waals surface area contributed by atoms with Crippen LogP contribution in [-0.4, -0.2) is 26.5 Å². The molecule has 0 bridgehead atoms. The molecule has 1 fully saturated rings. The summed E-state index contributed by atoms with van der Waals surface area (Å²) in [5.41, 5.74) is 9.41. The second-order valence-electron chi connectivity index (χ2n) is 7.66. The largest absolute Gasteiger partial charge is 0.344 e. The molecule has 0 aliphatic carbocycles. The summed E-state index contributed by atoms with van der Waals surface area (Å²) in [6.07, 6.45) is 4.25. The molecule has 1 saturated heterocycles. The van der Waals surface area contributed by atoms with E-state index in [9.17, 15) is 4.79 Å². The maximum Gasteiger partial charge on any atom is 0.239 e. The second kappa shape index (κ2) is 7.69. The van der Waals surface area contributed by atoms with Crippen molar-refractivity contribution in [2.24, 2.45) is 13.0 Å². The van der Waals surface area contributed by atoms with E-state index < -0.39 is 0 Å². The van der Waals surface area contributed by atoms with Crippen molar-refractivity contribution in [2.75, 3.05) is 0 Å². The van der Waals surface area contributed by atoms with Gasteiger partial charge >= 0.3 is 0 Å². The van der Waals surface area contributed by atoms with Crippen LogP contribution in [0.2, 0.25) is 0 Å². The number of imidazole rings is 1. The van der Waals surface area contributed by atoms with Gasteiger partial charge in [0.1, 0.15) is 11.9 Å². The Hall–Kier alpha value is -2.77. The third-order valence-corrected chi connectivity index (χ3v) is 5.37. The van der Waals surface area contributed by atoms with E-state index >= 15 is 0 Å². The predicted octanol–water partition coefficient (Wildman–Crippen LogP) is 2.39. The van der Waals surface area contributed by atoms with Crippen LogP contribution in [-0.2, 0) is 11.8 Å². The number of nitrogens with zero attached hydrogens (tertiary/aromatic N) is 3. The van der Waals surface area contributed by atoms with Crippen molar-refractivity contribution in [3.05, 3.63) is 60.2 Å². The molecule has 0 spiro atoms. The Balaban J connectivity index is 1.50. The second-order valence-corrected chi connectivity index (χ2v) is 7.66. The molecule has 4 rings (SSSR count). The number of carbonyl (C=O) groups excluding carboxylic acids is 1. The van der Waals surface area contributed by atoms with Crippen LogP contribution >= 0.6 is 0 Å². The first-order chi connectivity index (χ1) is 13.5. The van der Waals surface area contributed by atoms with Crippen molar-refractivity contribution < 1.29 is 4.79 Å². The van der Waals surface area contributed by atoms with Gasteiger partial charge in [-0.3, -0.25) is 9.78 Å². The summed E-state index contributed by atoms with van der Waals surface area (Å²) in [7, 11) is 2.00. The summed E-state index contributed by atoms with van der Waals surface area (Å²) in [6, 6.07) is 11.6. The summed E-state index contributed by atoms with van der Waals surface area (Å²) >= 11 is 0. The Labute approximate surface area is 164 Å². The van der Waals surface area contributed by atoms with Gasteiger partial charge < -0.3 is 9.88 Å². The van der Waals surface area contributed by atoms with Crippen molar-refractivity contribution in [3.8, 4) is 0 Å². The first kappa shape index (κ1) is 18.6. The number of para-hydroxylation sites is 2. The molecule has 0 radical (unpaired) electrons. The van der Waals surface area contributed by atoms with Crippen LogP contribution in [0.1, 0.15) is 43.7 Å². The molecule has 1 aliphatic rings. The number of aromatic nitrogens is 3. The summed E-state index contributed by atoms with van der Waals surface area (Å²) in [5.74, 6) is 1.06. The number of pyridine rings is 1. The van der Waals surface area contributed by atoms with Gasteiger partial charge in [0, 0.05) is 25.5 Å². The number of amides is 1. The van der Waals surface area contributed by atoms with Crippen LogP contribution in [0, 0.1) is 5.92 Å². The van der Waals surface area contributed by atoms with Gasteiger partial charge in [0.25, 0.3) is 0 Å². The van der Waals surface area contributed by atoms with Gasteiger partial charge in [-0.15, -0.1) is 0 Å². The van der Waals surface area contributed by atoms with E-state index in [1.165, 1.54) is 0 Å². The van der Waals surface area contributed by atoms with Gasteiger partial charge in [0.2, 0.25) is 5.91 Å². The van der Waals surface area contributed by atoms with Crippen molar-refractivity contribution in [1.82, 2.24) is 30.7 Å². The van der Waals surface area contributed by atoms with Crippen molar-refractivity contribution >= 4 is 16.9 Å². The molecular weight excluding hydrogens is 352 g/mol. The minimum Gasteiger partial charge on any atom is -0.344 e.